The summed E-state index contributed by atoms with van der Waals surface area (Å²) in [4.78, 5) is 21.2. The molecule has 0 aliphatic heterocycles. The van der Waals surface area contributed by atoms with Crippen LogP contribution >= 0.6 is 0 Å². The molecule has 4 nitrogen and oxygen atoms in total. The number of hydrogen-bond acceptors (Lipinski definition) is 3. The van der Waals surface area contributed by atoms with Gasteiger partial charge in [0.15, 0.2) is 5.76 Å². The molecule has 0 saturated heterocycles. The van der Waals surface area contributed by atoms with E-state index in [0.29, 0.717) is 6.08 Å². The summed E-state index contributed by atoms with van der Waals surface area (Å²) in [6.07, 6.45) is 0.705. The number of ketones is 1. The number of carbonyl (C=O) groups is 2. The fraction of sp³-hybridized carbons (Fsp3) is 0.250. The lowest BCUT2D eigenvalue weighted by Gasteiger charge is -2.02. The summed E-state index contributed by atoms with van der Waals surface area (Å²) in [6.45, 7) is 4.85. The maximum Gasteiger partial charge on any atom is 0.332 e. The first-order valence-corrected chi connectivity index (χ1v) is 3.18. The maximum absolute atomic E-state index is 11.1. The molecule has 0 spiro atoms. The number of Topliss-reactive ketones (excluding diaryl/α,β-unsaturated/α-hetero) is 1. The zero-order valence-electron chi connectivity index (χ0n) is 6.96. The van der Waals surface area contributed by atoms with Crippen LogP contribution in [0, 0.1) is 0 Å². The van der Waals surface area contributed by atoms with Crippen LogP contribution in [0.4, 0.5) is 0 Å². The molecule has 0 aliphatic rings. The smallest absolute Gasteiger partial charge is 0.332 e. The van der Waals surface area contributed by atoms with Gasteiger partial charge >= 0.3 is 5.97 Å². The van der Waals surface area contributed by atoms with Crippen LogP contribution in [0.1, 0.15) is 6.92 Å². The van der Waals surface area contributed by atoms with Gasteiger partial charge in [-0.1, -0.05) is 6.58 Å². The van der Waals surface area contributed by atoms with Crippen LogP contribution in [0.5, 0.6) is 0 Å². The van der Waals surface area contributed by atoms with Crippen molar-refractivity contribution >= 4 is 11.8 Å². The van der Waals surface area contributed by atoms with Gasteiger partial charge in [-0.3, -0.25) is 4.79 Å². The second kappa shape index (κ2) is 4.33. The van der Waals surface area contributed by atoms with Gasteiger partial charge in [-0.05, 0) is 12.5 Å². The van der Waals surface area contributed by atoms with Gasteiger partial charge in [0, 0.05) is 0 Å². The highest BCUT2D eigenvalue weighted by molar-refractivity contribution is 6.08. The standard InChI is InChI=1S/C8H10O4/c1-5(2)8(11)6(12-3)4-7(9)10/h4H,1H2,2-3H3,(H,9,10). The van der Waals surface area contributed by atoms with Crippen LogP contribution in [0.25, 0.3) is 0 Å². The normalized spacial score (nSPS) is 10.7. The average Bonchev–Trinajstić information content (AvgIpc) is 1.98. The Balaban J connectivity index is 4.68. The molecule has 0 unspecified atom stereocenters. The quantitative estimate of drug-likeness (QED) is 0.499. The lowest BCUT2D eigenvalue weighted by Crippen LogP contribution is -2.07. The van der Waals surface area contributed by atoms with Gasteiger partial charge in [-0.15, -0.1) is 0 Å². The fourth-order valence-corrected chi connectivity index (χ4v) is 0.540. The second-order valence-electron chi connectivity index (χ2n) is 2.16. The minimum Gasteiger partial charge on any atom is -0.492 e. The molecule has 0 aromatic rings. The van der Waals surface area contributed by atoms with E-state index in [2.05, 4.69) is 11.3 Å². The number of carboxylic acid groups (broad SMARTS) is 1. The summed E-state index contributed by atoms with van der Waals surface area (Å²) in [5, 5.41) is 8.31. The van der Waals surface area contributed by atoms with Gasteiger partial charge in [0.1, 0.15) is 0 Å². The molecule has 0 heterocycles. The molecule has 0 saturated carbocycles. The van der Waals surface area contributed by atoms with E-state index in [1.54, 1.807) is 0 Å². The highest BCUT2D eigenvalue weighted by atomic mass is 16.5. The van der Waals surface area contributed by atoms with Crippen molar-refractivity contribution in [2.75, 3.05) is 7.11 Å². The van der Waals surface area contributed by atoms with E-state index in [1.807, 2.05) is 0 Å². The number of hydrogen-bond donors (Lipinski definition) is 1. The summed E-state index contributed by atoms with van der Waals surface area (Å²) < 4.78 is 4.55. The number of carbonyl (C=O) groups excluding carboxylic acids is 1. The molecule has 0 rings (SSSR count). The highest BCUT2D eigenvalue weighted by Crippen LogP contribution is 2.03. The minimum absolute atomic E-state index is 0.213. The Kier molecular flexibility index (Phi) is 3.76. The van der Waals surface area contributed by atoms with E-state index in [1.165, 1.54) is 14.0 Å². The Morgan fingerprint density at radius 1 is 1.50 bits per heavy atom. The number of allylic oxidation sites excluding steroid dienone is 1. The fourth-order valence-electron chi connectivity index (χ4n) is 0.540. The van der Waals surface area contributed by atoms with Crippen molar-refractivity contribution in [1.82, 2.24) is 0 Å². The number of carboxylic acids is 1. The zero-order chi connectivity index (χ0) is 9.72. The molecule has 1 N–H and O–H groups in total. The molecule has 0 aromatic heterocycles. The Labute approximate surface area is 70.1 Å². The van der Waals surface area contributed by atoms with Crippen molar-refractivity contribution in [2.45, 2.75) is 6.92 Å². The van der Waals surface area contributed by atoms with Crippen LogP contribution in [0.2, 0.25) is 0 Å². The minimum atomic E-state index is -1.22. The Hall–Kier alpha value is -1.58. The first kappa shape index (κ1) is 10.4. The third kappa shape index (κ3) is 3.01. The maximum atomic E-state index is 11.1. The van der Waals surface area contributed by atoms with E-state index in [0.717, 1.165) is 0 Å². The molecule has 66 valence electrons. The first-order valence-electron chi connectivity index (χ1n) is 3.18. The zero-order valence-corrected chi connectivity index (χ0v) is 6.96. The van der Waals surface area contributed by atoms with Crippen LogP contribution in [0.3, 0.4) is 0 Å². The summed E-state index contributed by atoms with van der Waals surface area (Å²) in [7, 11) is 1.23. The third-order valence-corrected chi connectivity index (χ3v) is 1.09. The molecule has 0 radical (unpaired) electrons. The highest BCUT2D eigenvalue weighted by Gasteiger charge is 2.11. The molecular weight excluding hydrogens is 160 g/mol. The van der Waals surface area contributed by atoms with Gasteiger partial charge in [-0.25, -0.2) is 4.79 Å². The monoisotopic (exact) mass is 170 g/mol. The van der Waals surface area contributed by atoms with Crippen LogP contribution in [-0.2, 0) is 14.3 Å². The largest absolute Gasteiger partial charge is 0.492 e. The number of aliphatic carboxylic acids is 1. The van der Waals surface area contributed by atoms with Crippen molar-refractivity contribution in [3.63, 3.8) is 0 Å². The molecule has 0 aromatic carbocycles. The van der Waals surface area contributed by atoms with Gasteiger partial charge in [0.25, 0.3) is 0 Å². The number of rotatable bonds is 4. The Bertz CT molecular complexity index is 250. The molecule has 0 atom stereocenters. The Morgan fingerprint density at radius 2 is 2.00 bits per heavy atom. The summed E-state index contributed by atoms with van der Waals surface area (Å²) >= 11 is 0. The van der Waals surface area contributed by atoms with Crippen LogP contribution in [-0.4, -0.2) is 24.0 Å². The first-order chi connectivity index (χ1) is 5.49. The van der Waals surface area contributed by atoms with Crippen molar-refractivity contribution in [3.05, 3.63) is 24.0 Å². The van der Waals surface area contributed by atoms with E-state index in [4.69, 9.17) is 5.11 Å². The average molecular weight is 170 g/mol. The third-order valence-electron chi connectivity index (χ3n) is 1.09. The molecule has 12 heavy (non-hydrogen) atoms. The molecular formula is C8H10O4. The van der Waals surface area contributed by atoms with Crippen LogP contribution < -0.4 is 0 Å². The SMILES string of the molecule is C=C(C)C(=O)C(=CC(=O)O)OC. The molecule has 0 aliphatic carbocycles. The van der Waals surface area contributed by atoms with Crippen LogP contribution in [0.15, 0.2) is 24.0 Å². The van der Waals surface area contributed by atoms with Gasteiger partial charge in [0.2, 0.25) is 5.78 Å². The molecule has 0 amide bonds. The van der Waals surface area contributed by atoms with E-state index < -0.39 is 11.8 Å². The van der Waals surface area contributed by atoms with Crippen molar-refractivity contribution in [2.24, 2.45) is 0 Å². The Morgan fingerprint density at radius 3 is 2.25 bits per heavy atom. The van der Waals surface area contributed by atoms with Crippen molar-refractivity contribution in [3.8, 4) is 0 Å². The summed E-state index contributed by atoms with van der Waals surface area (Å²) in [5.74, 6) is -1.93. The summed E-state index contributed by atoms with van der Waals surface area (Å²) in [6, 6.07) is 0. The van der Waals surface area contributed by atoms with E-state index in [9.17, 15) is 9.59 Å². The number of methoxy groups -OCH3 is 1. The lowest BCUT2D eigenvalue weighted by atomic mass is 10.2. The molecule has 4 heteroatoms. The van der Waals surface area contributed by atoms with Crippen molar-refractivity contribution < 1.29 is 19.4 Å². The van der Waals surface area contributed by atoms with Gasteiger partial charge < -0.3 is 9.84 Å². The molecule has 0 fully saturated rings. The van der Waals surface area contributed by atoms with Crippen molar-refractivity contribution in [1.29, 1.82) is 0 Å². The topological polar surface area (TPSA) is 63.6 Å². The van der Waals surface area contributed by atoms with E-state index in [-0.39, 0.29) is 11.3 Å². The lowest BCUT2D eigenvalue weighted by molar-refractivity contribution is -0.132. The van der Waals surface area contributed by atoms with E-state index >= 15 is 0 Å². The molecule has 0 bridgehead atoms. The van der Waals surface area contributed by atoms with Gasteiger partial charge in [0.05, 0.1) is 13.2 Å². The number of ether oxygens (including phenoxy) is 1. The summed E-state index contributed by atoms with van der Waals surface area (Å²) in [5.41, 5.74) is 0.240. The predicted molar refractivity (Wildman–Crippen MR) is 42.5 cm³/mol. The van der Waals surface area contributed by atoms with Gasteiger partial charge in [-0.2, -0.15) is 0 Å². The second-order valence-corrected chi connectivity index (χ2v) is 2.16. The predicted octanol–water partition coefficient (Wildman–Crippen LogP) is 0.746.